The summed E-state index contributed by atoms with van der Waals surface area (Å²) in [6.45, 7) is 0. The van der Waals surface area contributed by atoms with Crippen LogP contribution < -0.4 is 4.90 Å². The topological polar surface area (TPSA) is 16.4 Å². The Kier molecular flexibility index (Phi) is 6.53. The second-order valence-electron chi connectivity index (χ2n) is 13.0. The Hall–Kier alpha value is -6.64. The normalized spacial score (nSPS) is 11.6. The number of hydrogen-bond acceptors (Lipinski definition) is 2. The molecule has 0 aliphatic carbocycles. The van der Waals surface area contributed by atoms with Gasteiger partial charge < -0.3 is 9.32 Å². The predicted molar refractivity (Wildman–Crippen MR) is 212 cm³/mol. The fourth-order valence-corrected chi connectivity index (χ4v) is 7.57. The van der Waals surface area contributed by atoms with E-state index in [1.807, 2.05) is 0 Å². The van der Waals surface area contributed by atoms with Gasteiger partial charge in [0, 0.05) is 27.8 Å². The minimum Gasteiger partial charge on any atom is -0.456 e. The van der Waals surface area contributed by atoms with Crippen LogP contribution in [0, 0.1) is 0 Å². The quantitative estimate of drug-likeness (QED) is 0.175. The fraction of sp³-hybridized carbons (Fsp3) is 0. The van der Waals surface area contributed by atoms with Crippen LogP contribution in [0.15, 0.2) is 192 Å². The van der Waals surface area contributed by atoms with E-state index in [9.17, 15) is 0 Å². The molecule has 0 radical (unpaired) electrons. The molecule has 2 heteroatoms. The van der Waals surface area contributed by atoms with Crippen molar-refractivity contribution in [2.75, 3.05) is 4.90 Å². The first kappa shape index (κ1) is 28.4. The average Bonchev–Trinajstić information content (AvgIpc) is 3.55. The van der Waals surface area contributed by atoms with E-state index in [2.05, 4.69) is 193 Å². The lowest BCUT2D eigenvalue weighted by Crippen LogP contribution is -2.10. The molecule has 10 aromatic rings. The highest BCUT2D eigenvalue weighted by molar-refractivity contribution is 6.15. The first-order valence-electron chi connectivity index (χ1n) is 17.1. The molecule has 0 amide bonds. The van der Waals surface area contributed by atoms with Gasteiger partial charge in [0.25, 0.3) is 0 Å². The number of nitrogens with zero attached hydrogens (tertiary/aromatic N) is 1. The van der Waals surface area contributed by atoms with Crippen LogP contribution >= 0.6 is 0 Å². The largest absolute Gasteiger partial charge is 0.456 e. The predicted octanol–water partition coefficient (Wildman–Crippen LogP) is 13.8. The smallest absolute Gasteiger partial charge is 0.136 e. The molecular weight excluding hydrogens is 607 g/mol. The molecule has 0 spiro atoms. The fourth-order valence-electron chi connectivity index (χ4n) is 7.57. The van der Waals surface area contributed by atoms with Gasteiger partial charge in [0.2, 0.25) is 0 Å². The van der Waals surface area contributed by atoms with Gasteiger partial charge in [0.15, 0.2) is 0 Å². The molecule has 2 nitrogen and oxygen atoms in total. The van der Waals surface area contributed by atoms with Crippen molar-refractivity contribution >= 4 is 71.3 Å². The number of benzene rings is 9. The van der Waals surface area contributed by atoms with Gasteiger partial charge in [-0.15, -0.1) is 0 Å². The number of rotatable bonds is 5. The van der Waals surface area contributed by atoms with Gasteiger partial charge in [-0.3, -0.25) is 0 Å². The highest BCUT2D eigenvalue weighted by atomic mass is 16.3. The molecule has 1 heterocycles. The lowest BCUT2D eigenvalue weighted by Gasteiger charge is -2.27. The second-order valence-corrected chi connectivity index (χ2v) is 13.0. The van der Waals surface area contributed by atoms with Gasteiger partial charge in [-0.2, -0.15) is 0 Å². The van der Waals surface area contributed by atoms with Crippen LogP contribution in [-0.4, -0.2) is 0 Å². The summed E-state index contributed by atoms with van der Waals surface area (Å²) in [5, 5.41) is 9.66. The number of fused-ring (bicyclic) bond motifs is 7. The lowest BCUT2D eigenvalue weighted by atomic mass is 9.97. The van der Waals surface area contributed by atoms with E-state index in [0.717, 1.165) is 50.1 Å². The summed E-state index contributed by atoms with van der Waals surface area (Å²) in [6, 6.07) is 67.6. The van der Waals surface area contributed by atoms with Gasteiger partial charge in [-0.1, -0.05) is 133 Å². The van der Waals surface area contributed by atoms with E-state index in [-0.39, 0.29) is 0 Å². The second kappa shape index (κ2) is 11.5. The molecule has 0 fully saturated rings. The SMILES string of the molecule is c1ccc(-c2cccc(N(c3ccc(-c4cccc5oc6cc7ccccc7cc6c45)cc3)c3ccc4ccc5ccccc5c4c3)c2)cc1. The number of furan rings is 1. The van der Waals surface area contributed by atoms with Crippen molar-refractivity contribution in [2.24, 2.45) is 0 Å². The molecule has 1 aromatic heterocycles. The van der Waals surface area contributed by atoms with E-state index in [0.29, 0.717) is 0 Å². The highest BCUT2D eigenvalue weighted by Gasteiger charge is 2.17. The van der Waals surface area contributed by atoms with Crippen molar-refractivity contribution in [3.8, 4) is 22.3 Å². The van der Waals surface area contributed by atoms with Crippen LogP contribution in [0.3, 0.4) is 0 Å². The maximum atomic E-state index is 6.41. The third kappa shape index (κ3) is 4.73. The molecule has 0 aliphatic rings. The molecule has 0 unspecified atom stereocenters. The van der Waals surface area contributed by atoms with Gasteiger partial charge in [-0.05, 0) is 109 Å². The van der Waals surface area contributed by atoms with Gasteiger partial charge in [-0.25, -0.2) is 0 Å². The van der Waals surface area contributed by atoms with Gasteiger partial charge in [0.1, 0.15) is 11.2 Å². The van der Waals surface area contributed by atoms with Crippen LogP contribution in [-0.2, 0) is 0 Å². The Balaban J connectivity index is 1.14. The molecule has 0 aliphatic heterocycles. The van der Waals surface area contributed by atoms with Crippen LogP contribution in [0.4, 0.5) is 17.1 Å². The summed E-state index contributed by atoms with van der Waals surface area (Å²) in [5.41, 5.74) is 9.82. The van der Waals surface area contributed by atoms with Crippen LogP contribution in [0.2, 0.25) is 0 Å². The number of hydrogen-bond donors (Lipinski definition) is 0. The molecule has 0 saturated heterocycles. The monoisotopic (exact) mass is 637 g/mol. The minimum absolute atomic E-state index is 0.902. The summed E-state index contributed by atoms with van der Waals surface area (Å²) < 4.78 is 6.41. The van der Waals surface area contributed by atoms with Crippen molar-refractivity contribution in [3.63, 3.8) is 0 Å². The Labute approximate surface area is 290 Å². The van der Waals surface area contributed by atoms with E-state index in [1.54, 1.807) is 0 Å². The van der Waals surface area contributed by atoms with Gasteiger partial charge in [0.05, 0.1) is 0 Å². The van der Waals surface area contributed by atoms with Crippen LogP contribution in [0.25, 0.3) is 76.5 Å². The van der Waals surface area contributed by atoms with E-state index in [4.69, 9.17) is 4.42 Å². The van der Waals surface area contributed by atoms with Crippen LogP contribution in [0.1, 0.15) is 0 Å². The summed E-state index contributed by atoms with van der Waals surface area (Å²) in [4.78, 5) is 2.37. The lowest BCUT2D eigenvalue weighted by molar-refractivity contribution is 0.669. The summed E-state index contributed by atoms with van der Waals surface area (Å²) >= 11 is 0. The molecule has 0 N–H and O–H groups in total. The Morgan fingerprint density at radius 3 is 1.80 bits per heavy atom. The van der Waals surface area contributed by atoms with E-state index >= 15 is 0 Å². The molecule has 0 atom stereocenters. The summed E-state index contributed by atoms with van der Waals surface area (Å²) in [6.07, 6.45) is 0. The zero-order chi connectivity index (χ0) is 33.0. The first-order chi connectivity index (χ1) is 24.8. The van der Waals surface area contributed by atoms with E-state index in [1.165, 1.54) is 43.4 Å². The molecule has 0 saturated carbocycles. The third-order valence-electron chi connectivity index (χ3n) is 10.00. The summed E-state index contributed by atoms with van der Waals surface area (Å²) in [5.74, 6) is 0. The Morgan fingerprint density at radius 2 is 0.960 bits per heavy atom. The molecule has 234 valence electrons. The zero-order valence-electron chi connectivity index (χ0n) is 27.3. The zero-order valence-corrected chi connectivity index (χ0v) is 27.3. The minimum atomic E-state index is 0.902. The average molecular weight is 638 g/mol. The van der Waals surface area contributed by atoms with Crippen LogP contribution in [0.5, 0.6) is 0 Å². The van der Waals surface area contributed by atoms with Crippen molar-refractivity contribution in [2.45, 2.75) is 0 Å². The Bertz CT molecular complexity index is 2870. The van der Waals surface area contributed by atoms with Crippen molar-refractivity contribution in [1.82, 2.24) is 0 Å². The molecule has 0 bridgehead atoms. The maximum Gasteiger partial charge on any atom is 0.136 e. The molecule has 9 aromatic carbocycles. The number of anilines is 3. The van der Waals surface area contributed by atoms with Gasteiger partial charge >= 0.3 is 0 Å². The first-order valence-corrected chi connectivity index (χ1v) is 17.1. The van der Waals surface area contributed by atoms with Crippen molar-refractivity contribution in [3.05, 3.63) is 188 Å². The molecule has 10 rings (SSSR count). The summed E-state index contributed by atoms with van der Waals surface area (Å²) in [7, 11) is 0. The molecule has 50 heavy (non-hydrogen) atoms. The van der Waals surface area contributed by atoms with Crippen molar-refractivity contribution in [1.29, 1.82) is 0 Å². The standard InChI is InChI=1S/C48H31NO/c1-2-10-32(11-3-1)36-15-8-16-40(28-36)49(41-27-24-35-21-20-33-12-6-7-17-42(33)44(35)31-41)39-25-22-34(23-26-39)43-18-9-19-46-48(43)45-29-37-13-4-5-14-38(37)30-47(45)50-46/h1-31H. The molecular formula is C48H31NO. The van der Waals surface area contributed by atoms with E-state index < -0.39 is 0 Å². The van der Waals surface area contributed by atoms with Crippen molar-refractivity contribution < 1.29 is 4.42 Å². The highest BCUT2D eigenvalue weighted by Crippen LogP contribution is 2.42. The maximum absolute atomic E-state index is 6.41. The Morgan fingerprint density at radius 1 is 0.320 bits per heavy atom. The third-order valence-corrected chi connectivity index (χ3v) is 10.00.